The summed E-state index contributed by atoms with van der Waals surface area (Å²) in [5.74, 6) is -0.331. The van der Waals surface area contributed by atoms with Gasteiger partial charge in [0.1, 0.15) is 0 Å². The number of ether oxygens (including phenoxy) is 3. The maximum absolute atomic E-state index is 11.5. The van der Waals surface area contributed by atoms with Gasteiger partial charge in [-0.2, -0.15) is 0 Å². The molecule has 18 heavy (non-hydrogen) atoms. The van der Waals surface area contributed by atoms with E-state index in [1.165, 1.54) is 7.11 Å². The van der Waals surface area contributed by atoms with Crippen LogP contribution in [0.1, 0.15) is 15.9 Å². The number of hydrogen-bond acceptors (Lipinski definition) is 5. The Balaban J connectivity index is 2.59. The third-order valence-electron chi connectivity index (χ3n) is 2.57. The molecule has 5 nitrogen and oxygen atoms in total. The van der Waals surface area contributed by atoms with Crippen molar-refractivity contribution in [2.75, 3.05) is 27.9 Å². The quantitative estimate of drug-likeness (QED) is 0.584. The summed E-state index contributed by atoms with van der Waals surface area (Å²) >= 11 is 0. The standard InChI is InChI=1S/C13H19NO4/c1-16-12(17-2)9-14-8-10-6-4-5-7-11(10)13(15)18-3/h4-7,12,14H,8-9H2,1-3H3. The molecule has 0 aliphatic rings. The minimum atomic E-state index is -0.331. The van der Waals surface area contributed by atoms with E-state index < -0.39 is 0 Å². The molecule has 100 valence electrons. The number of carbonyl (C=O) groups is 1. The summed E-state index contributed by atoms with van der Waals surface area (Å²) in [6.07, 6.45) is -0.296. The lowest BCUT2D eigenvalue weighted by atomic mass is 10.1. The molecule has 0 amide bonds. The molecule has 0 saturated carbocycles. The Bertz CT molecular complexity index is 377. The average molecular weight is 253 g/mol. The minimum Gasteiger partial charge on any atom is -0.465 e. The molecule has 0 spiro atoms. The van der Waals surface area contributed by atoms with Gasteiger partial charge in [-0.15, -0.1) is 0 Å². The second-order valence-electron chi connectivity index (χ2n) is 3.68. The number of benzene rings is 1. The van der Waals surface area contributed by atoms with Gasteiger partial charge >= 0.3 is 5.97 Å². The Labute approximate surface area is 107 Å². The van der Waals surface area contributed by atoms with E-state index in [0.29, 0.717) is 18.7 Å². The van der Waals surface area contributed by atoms with Crippen LogP contribution < -0.4 is 5.32 Å². The highest BCUT2D eigenvalue weighted by Gasteiger charge is 2.11. The number of hydrogen-bond donors (Lipinski definition) is 1. The number of rotatable bonds is 7. The monoisotopic (exact) mass is 253 g/mol. The van der Waals surface area contributed by atoms with Gasteiger partial charge in [-0.3, -0.25) is 0 Å². The minimum absolute atomic E-state index is 0.296. The van der Waals surface area contributed by atoms with Gasteiger partial charge in [0, 0.05) is 27.3 Å². The summed E-state index contributed by atoms with van der Waals surface area (Å²) in [6, 6.07) is 7.32. The molecule has 0 radical (unpaired) electrons. The molecule has 1 N–H and O–H groups in total. The molecule has 1 rings (SSSR count). The maximum Gasteiger partial charge on any atom is 0.338 e. The van der Waals surface area contributed by atoms with E-state index in [1.54, 1.807) is 20.3 Å². The van der Waals surface area contributed by atoms with Gasteiger partial charge < -0.3 is 19.5 Å². The normalized spacial score (nSPS) is 10.7. The Kier molecular flexibility index (Phi) is 6.35. The van der Waals surface area contributed by atoms with Crippen molar-refractivity contribution in [1.29, 1.82) is 0 Å². The van der Waals surface area contributed by atoms with Gasteiger partial charge in [0.25, 0.3) is 0 Å². The van der Waals surface area contributed by atoms with E-state index in [-0.39, 0.29) is 12.3 Å². The molecule has 1 aromatic carbocycles. The third kappa shape index (κ3) is 4.10. The Hall–Kier alpha value is -1.43. The lowest BCUT2D eigenvalue weighted by Gasteiger charge is -2.14. The first kappa shape index (κ1) is 14.6. The van der Waals surface area contributed by atoms with Crippen LogP contribution in [-0.4, -0.2) is 40.1 Å². The number of nitrogens with one attached hydrogen (secondary N) is 1. The molecule has 0 aromatic heterocycles. The average Bonchev–Trinajstić information content (AvgIpc) is 2.43. The molecule has 0 aliphatic carbocycles. The molecule has 0 aliphatic heterocycles. The molecular formula is C13H19NO4. The third-order valence-corrected chi connectivity index (χ3v) is 2.57. The van der Waals surface area contributed by atoms with Crippen molar-refractivity contribution in [1.82, 2.24) is 5.32 Å². The van der Waals surface area contributed by atoms with Crippen molar-refractivity contribution in [2.45, 2.75) is 12.8 Å². The second kappa shape index (κ2) is 7.81. The Morgan fingerprint density at radius 2 is 1.89 bits per heavy atom. The zero-order valence-corrected chi connectivity index (χ0v) is 10.9. The molecule has 5 heteroatoms. The summed E-state index contributed by atoms with van der Waals surface area (Å²) in [4.78, 5) is 11.5. The van der Waals surface area contributed by atoms with Gasteiger partial charge in [-0.1, -0.05) is 18.2 Å². The molecule has 0 heterocycles. The van der Waals surface area contributed by atoms with E-state index in [9.17, 15) is 4.79 Å². The fraction of sp³-hybridized carbons (Fsp3) is 0.462. The van der Waals surface area contributed by atoms with Crippen LogP contribution >= 0.6 is 0 Å². The molecule has 0 atom stereocenters. The summed E-state index contributed by atoms with van der Waals surface area (Å²) in [7, 11) is 4.54. The number of carbonyl (C=O) groups excluding carboxylic acids is 1. The molecule has 0 unspecified atom stereocenters. The topological polar surface area (TPSA) is 56.8 Å². The molecule has 1 aromatic rings. The smallest absolute Gasteiger partial charge is 0.338 e. The van der Waals surface area contributed by atoms with Crippen LogP contribution in [0.25, 0.3) is 0 Å². The molecule has 0 bridgehead atoms. The highest BCUT2D eigenvalue weighted by atomic mass is 16.7. The van der Waals surface area contributed by atoms with Gasteiger partial charge in [0.15, 0.2) is 6.29 Å². The molecular weight excluding hydrogens is 234 g/mol. The van der Waals surface area contributed by atoms with Crippen LogP contribution in [0.15, 0.2) is 24.3 Å². The summed E-state index contributed by atoms with van der Waals surface area (Å²) in [5.41, 5.74) is 1.45. The van der Waals surface area contributed by atoms with Crippen molar-refractivity contribution in [3.63, 3.8) is 0 Å². The van der Waals surface area contributed by atoms with E-state index in [2.05, 4.69) is 5.32 Å². The van der Waals surface area contributed by atoms with E-state index >= 15 is 0 Å². The highest BCUT2D eigenvalue weighted by molar-refractivity contribution is 5.90. The second-order valence-corrected chi connectivity index (χ2v) is 3.68. The van der Waals surface area contributed by atoms with Crippen LogP contribution in [0.5, 0.6) is 0 Å². The Morgan fingerprint density at radius 3 is 2.50 bits per heavy atom. The summed E-state index contributed by atoms with van der Waals surface area (Å²) in [6.45, 7) is 1.09. The van der Waals surface area contributed by atoms with E-state index in [0.717, 1.165) is 5.56 Å². The van der Waals surface area contributed by atoms with Crippen molar-refractivity contribution >= 4 is 5.97 Å². The molecule has 0 saturated heterocycles. The van der Waals surface area contributed by atoms with Gasteiger partial charge in [0.05, 0.1) is 12.7 Å². The fourth-order valence-electron chi connectivity index (χ4n) is 1.57. The fourth-order valence-corrected chi connectivity index (χ4v) is 1.57. The lowest BCUT2D eigenvalue weighted by Crippen LogP contribution is -2.29. The predicted molar refractivity (Wildman–Crippen MR) is 67.3 cm³/mol. The lowest BCUT2D eigenvalue weighted by molar-refractivity contribution is -0.0989. The van der Waals surface area contributed by atoms with Crippen LogP contribution in [-0.2, 0) is 20.8 Å². The zero-order valence-electron chi connectivity index (χ0n) is 10.9. The summed E-state index contributed by atoms with van der Waals surface area (Å²) < 4.78 is 14.9. The van der Waals surface area contributed by atoms with Gasteiger partial charge in [-0.25, -0.2) is 4.79 Å². The first-order chi connectivity index (χ1) is 8.72. The zero-order chi connectivity index (χ0) is 13.4. The predicted octanol–water partition coefficient (Wildman–Crippen LogP) is 1.18. The van der Waals surface area contributed by atoms with Gasteiger partial charge in [-0.05, 0) is 11.6 Å². The first-order valence-corrected chi connectivity index (χ1v) is 5.65. The van der Waals surface area contributed by atoms with Crippen molar-refractivity contribution in [3.8, 4) is 0 Å². The number of methoxy groups -OCH3 is 3. The number of esters is 1. The van der Waals surface area contributed by atoms with Crippen molar-refractivity contribution < 1.29 is 19.0 Å². The van der Waals surface area contributed by atoms with E-state index in [1.807, 2.05) is 18.2 Å². The van der Waals surface area contributed by atoms with Crippen molar-refractivity contribution in [2.24, 2.45) is 0 Å². The molecule has 0 fully saturated rings. The summed E-state index contributed by atoms with van der Waals surface area (Å²) in [5, 5.41) is 3.17. The van der Waals surface area contributed by atoms with Crippen LogP contribution in [0, 0.1) is 0 Å². The van der Waals surface area contributed by atoms with Crippen molar-refractivity contribution in [3.05, 3.63) is 35.4 Å². The van der Waals surface area contributed by atoms with Crippen LogP contribution in [0.4, 0.5) is 0 Å². The first-order valence-electron chi connectivity index (χ1n) is 5.65. The largest absolute Gasteiger partial charge is 0.465 e. The Morgan fingerprint density at radius 1 is 1.22 bits per heavy atom. The van der Waals surface area contributed by atoms with Crippen LogP contribution in [0.3, 0.4) is 0 Å². The maximum atomic E-state index is 11.5. The van der Waals surface area contributed by atoms with Crippen LogP contribution in [0.2, 0.25) is 0 Å². The highest BCUT2D eigenvalue weighted by Crippen LogP contribution is 2.09. The van der Waals surface area contributed by atoms with Gasteiger partial charge in [0.2, 0.25) is 0 Å². The van der Waals surface area contributed by atoms with E-state index in [4.69, 9.17) is 14.2 Å². The SMILES string of the molecule is COC(=O)c1ccccc1CNCC(OC)OC.